The molecule has 25 heavy (non-hydrogen) atoms. The molecule has 5 nitrogen and oxygen atoms in total. The number of hydrogen-bond donors (Lipinski definition) is 3. The van der Waals surface area contributed by atoms with Gasteiger partial charge in [-0.1, -0.05) is 48.9 Å². The zero-order chi connectivity index (χ0) is 18.2. The van der Waals surface area contributed by atoms with E-state index in [1.165, 1.54) is 0 Å². The molecule has 0 radical (unpaired) electrons. The second-order valence-electron chi connectivity index (χ2n) is 5.74. The number of nitrogens with two attached hydrogens (primary N) is 1. The van der Waals surface area contributed by atoms with E-state index < -0.39 is 6.04 Å². The lowest BCUT2D eigenvalue weighted by molar-refractivity contribution is -0.117. The van der Waals surface area contributed by atoms with Gasteiger partial charge in [-0.3, -0.25) is 9.59 Å². The Bertz CT molecular complexity index is 735. The molecular formula is C19H22ClN3O2. The lowest BCUT2D eigenvalue weighted by atomic mass is 10.1. The van der Waals surface area contributed by atoms with Crippen LogP contribution < -0.4 is 16.4 Å². The average molecular weight is 360 g/mol. The third-order valence-electron chi connectivity index (χ3n) is 3.65. The van der Waals surface area contributed by atoms with Crippen LogP contribution in [0.2, 0.25) is 5.02 Å². The summed E-state index contributed by atoms with van der Waals surface area (Å²) >= 11 is 6.15. The molecule has 0 aliphatic heterocycles. The van der Waals surface area contributed by atoms with Crippen molar-refractivity contribution in [2.45, 2.75) is 25.8 Å². The normalized spacial score (nSPS) is 11.6. The molecule has 2 rings (SSSR count). The van der Waals surface area contributed by atoms with Gasteiger partial charge in [-0.2, -0.15) is 0 Å². The van der Waals surface area contributed by atoms with Crippen LogP contribution in [0.4, 0.5) is 5.69 Å². The van der Waals surface area contributed by atoms with Crippen molar-refractivity contribution in [1.82, 2.24) is 5.32 Å². The van der Waals surface area contributed by atoms with E-state index in [-0.39, 0.29) is 16.8 Å². The molecular weight excluding hydrogens is 338 g/mol. The summed E-state index contributed by atoms with van der Waals surface area (Å²) in [6, 6.07) is 13.7. The van der Waals surface area contributed by atoms with Gasteiger partial charge in [-0.15, -0.1) is 0 Å². The fourth-order valence-electron chi connectivity index (χ4n) is 2.31. The number of amides is 2. The number of carbonyl (C=O) groups excluding carboxylic acids is 2. The Balaban J connectivity index is 1.98. The number of carbonyl (C=O) groups is 2. The molecule has 132 valence electrons. The minimum atomic E-state index is -0.672. The fraction of sp³-hybridized carbons (Fsp3) is 0.263. The van der Waals surface area contributed by atoms with Crippen LogP contribution >= 0.6 is 11.6 Å². The van der Waals surface area contributed by atoms with E-state index in [2.05, 4.69) is 10.6 Å². The molecule has 0 aliphatic carbocycles. The Hall–Kier alpha value is -2.37. The number of anilines is 1. The molecule has 0 spiro atoms. The third kappa shape index (κ3) is 5.59. The second kappa shape index (κ2) is 9.20. The molecule has 0 aromatic heterocycles. The summed E-state index contributed by atoms with van der Waals surface area (Å²) in [6.07, 6.45) is 1.29. The predicted molar refractivity (Wildman–Crippen MR) is 101 cm³/mol. The number of nitrogens with one attached hydrogen (secondary N) is 2. The topological polar surface area (TPSA) is 84.2 Å². The van der Waals surface area contributed by atoms with Crippen molar-refractivity contribution in [1.29, 1.82) is 0 Å². The van der Waals surface area contributed by atoms with Crippen LogP contribution in [0.1, 0.15) is 29.3 Å². The van der Waals surface area contributed by atoms with Gasteiger partial charge in [0.25, 0.3) is 5.91 Å². The molecule has 0 saturated heterocycles. The van der Waals surface area contributed by atoms with E-state index in [0.29, 0.717) is 24.2 Å². The maximum absolute atomic E-state index is 12.2. The zero-order valence-electron chi connectivity index (χ0n) is 14.1. The third-order valence-corrected chi connectivity index (χ3v) is 3.96. The van der Waals surface area contributed by atoms with Gasteiger partial charge in [-0.25, -0.2) is 0 Å². The second-order valence-corrected chi connectivity index (χ2v) is 6.14. The highest BCUT2D eigenvalue weighted by Crippen LogP contribution is 2.21. The Morgan fingerprint density at radius 3 is 2.52 bits per heavy atom. The molecule has 0 fully saturated rings. The highest BCUT2D eigenvalue weighted by Gasteiger charge is 2.16. The van der Waals surface area contributed by atoms with E-state index >= 15 is 0 Å². The van der Waals surface area contributed by atoms with Gasteiger partial charge < -0.3 is 16.4 Å². The van der Waals surface area contributed by atoms with Crippen molar-refractivity contribution in [2.24, 2.45) is 5.73 Å². The standard InChI is InChI=1S/C19H22ClN3O2/c1-2-10-22-18(24)15-9-8-14(12-16(15)20)23-19(25)17(21)11-13-6-4-3-5-7-13/h3-9,12,17H,2,10-11,21H2,1H3,(H,22,24)(H,23,25)/t17-/m0/s1. The average Bonchev–Trinajstić information content (AvgIpc) is 2.60. The first kappa shape index (κ1) is 19.0. The molecule has 2 aromatic carbocycles. The van der Waals surface area contributed by atoms with Gasteiger partial charge in [0, 0.05) is 12.2 Å². The van der Waals surface area contributed by atoms with E-state index in [1.54, 1.807) is 18.2 Å². The largest absolute Gasteiger partial charge is 0.352 e. The Morgan fingerprint density at radius 1 is 1.16 bits per heavy atom. The summed E-state index contributed by atoms with van der Waals surface area (Å²) < 4.78 is 0. The Kier molecular flexibility index (Phi) is 6.98. The first-order valence-electron chi connectivity index (χ1n) is 8.19. The Morgan fingerprint density at radius 2 is 1.88 bits per heavy atom. The van der Waals surface area contributed by atoms with Crippen molar-refractivity contribution in [3.05, 3.63) is 64.7 Å². The van der Waals surface area contributed by atoms with Crippen molar-refractivity contribution in [3.8, 4) is 0 Å². The highest BCUT2D eigenvalue weighted by molar-refractivity contribution is 6.34. The van der Waals surface area contributed by atoms with Crippen LogP contribution in [0.25, 0.3) is 0 Å². The van der Waals surface area contributed by atoms with Crippen LogP contribution in [0.15, 0.2) is 48.5 Å². The Labute approximate surface area is 152 Å². The monoisotopic (exact) mass is 359 g/mol. The first-order valence-corrected chi connectivity index (χ1v) is 8.57. The van der Waals surface area contributed by atoms with Crippen molar-refractivity contribution in [3.63, 3.8) is 0 Å². The lowest BCUT2D eigenvalue weighted by Crippen LogP contribution is -2.37. The maximum Gasteiger partial charge on any atom is 0.252 e. The summed E-state index contributed by atoms with van der Waals surface area (Å²) in [5, 5.41) is 5.78. The van der Waals surface area contributed by atoms with Crippen LogP contribution in [0.5, 0.6) is 0 Å². The zero-order valence-corrected chi connectivity index (χ0v) is 14.8. The van der Waals surface area contributed by atoms with Gasteiger partial charge in [-0.05, 0) is 36.6 Å². The quantitative estimate of drug-likeness (QED) is 0.710. The van der Waals surface area contributed by atoms with Crippen LogP contribution in [0.3, 0.4) is 0 Å². The molecule has 0 bridgehead atoms. The maximum atomic E-state index is 12.2. The minimum Gasteiger partial charge on any atom is -0.352 e. The summed E-state index contributed by atoms with van der Waals surface area (Å²) in [4.78, 5) is 24.2. The summed E-state index contributed by atoms with van der Waals surface area (Å²) in [6.45, 7) is 2.56. The van der Waals surface area contributed by atoms with Gasteiger partial charge in [0.05, 0.1) is 16.6 Å². The number of benzene rings is 2. The predicted octanol–water partition coefficient (Wildman–Crippen LogP) is 2.99. The molecule has 6 heteroatoms. The van der Waals surface area contributed by atoms with Crippen LogP contribution in [-0.4, -0.2) is 24.4 Å². The van der Waals surface area contributed by atoms with E-state index in [0.717, 1.165) is 12.0 Å². The first-order chi connectivity index (χ1) is 12.0. The lowest BCUT2D eigenvalue weighted by Gasteiger charge is -2.13. The van der Waals surface area contributed by atoms with Crippen LogP contribution in [-0.2, 0) is 11.2 Å². The number of hydrogen-bond acceptors (Lipinski definition) is 3. The molecule has 1 atom stereocenters. The highest BCUT2D eigenvalue weighted by atomic mass is 35.5. The molecule has 4 N–H and O–H groups in total. The van der Waals surface area contributed by atoms with Gasteiger partial charge in [0.1, 0.15) is 0 Å². The minimum absolute atomic E-state index is 0.231. The summed E-state index contributed by atoms with van der Waals surface area (Å²) in [7, 11) is 0. The van der Waals surface area contributed by atoms with E-state index in [9.17, 15) is 9.59 Å². The molecule has 0 saturated carbocycles. The molecule has 0 unspecified atom stereocenters. The van der Waals surface area contributed by atoms with Gasteiger partial charge in [0.2, 0.25) is 5.91 Å². The molecule has 0 heterocycles. The molecule has 0 aliphatic rings. The summed E-state index contributed by atoms with van der Waals surface area (Å²) in [5.41, 5.74) is 7.83. The van der Waals surface area contributed by atoms with Crippen molar-refractivity contribution >= 4 is 29.1 Å². The number of rotatable bonds is 7. The molecule has 2 amide bonds. The van der Waals surface area contributed by atoms with E-state index in [1.807, 2.05) is 37.3 Å². The van der Waals surface area contributed by atoms with Crippen molar-refractivity contribution in [2.75, 3.05) is 11.9 Å². The molecule has 2 aromatic rings. The SMILES string of the molecule is CCCNC(=O)c1ccc(NC(=O)[C@@H](N)Cc2ccccc2)cc1Cl. The van der Waals surface area contributed by atoms with Gasteiger partial charge >= 0.3 is 0 Å². The van der Waals surface area contributed by atoms with E-state index in [4.69, 9.17) is 17.3 Å². The smallest absolute Gasteiger partial charge is 0.252 e. The number of halogens is 1. The summed E-state index contributed by atoms with van der Waals surface area (Å²) in [5.74, 6) is -0.534. The fourth-order valence-corrected chi connectivity index (χ4v) is 2.57. The van der Waals surface area contributed by atoms with Crippen molar-refractivity contribution < 1.29 is 9.59 Å². The van der Waals surface area contributed by atoms with Gasteiger partial charge in [0.15, 0.2) is 0 Å². The van der Waals surface area contributed by atoms with Crippen LogP contribution in [0, 0.1) is 0 Å².